The van der Waals surface area contributed by atoms with Crippen LogP contribution in [-0.4, -0.2) is 56.5 Å². The first kappa shape index (κ1) is 16.0. The van der Waals surface area contributed by atoms with Crippen molar-refractivity contribution in [3.8, 4) is 0 Å². The van der Waals surface area contributed by atoms with Crippen molar-refractivity contribution in [1.29, 1.82) is 0 Å². The van der Waals surface area contributed by atoms with Crippen molar-refractivity contribution in [2.45, 2.75) is 18.3 Å². The summed E-state index contributed by atoms with van der Waals surface area (Å²) in [5.41, 5.74) is 2.26. The van der Waals surface area contributed by atoms with Gasteiger partial charge in [0.05, 0.1) is 17.7 Å². The van der Waals surface area contributed by atoms with Gasteiger partial charge >= 0.3 is 0 Å². The molecule has 0 aliphatic rings. The lowest BCUT2D eigenvalue weighted by Gasteiger charge is -2.18. The summed E-state index contributed by atoms with van der Waals surface area (Å²) in [6, 6.07) is 5.74. The lowest BCUT2D eigenvalue weighted by molar-refractivity contribution is -0.384. The number of aliphatic hydroxyl groups excluding tert-OH is 4. The van der Waals surface area contributed by atoms with Gasteiger partial charge in [0, 0.05) is 6.07 Å². The Kier molecular flexibility index (Phi) is 6.00. The molecule has 0 aliphatic carbocycles. The molecule has 0 heterocycles. The van der Waals surface area contributed by atoms with E-state index < -0.39 is 29.8 Å². The number of para-hydroxylation sites is 2. The van der Waals surface area contributed by atoms with E-state index in [1.54, 1.807) is 6.07 Å². The van der Waals surface area contributed by atoms with Crippen molar-refractivity contribution in [2.24, 2.45) is 5.10 Å². The van der Waals surface area contributed by atoms with Crippen molar-refractivity contribution >= 4 is 17.6 Å². The number of benzene rings is 1. The normalized spacial score (nSPS) is 15.8. The summed E-state index contributed by atoms with van der Waals surface area (Å²) < 4.78 is 0. The van der Waals surface area contributed by atoms with Gasteiger partial charge in [0.2, 0.25) is 0 Å². The highest BCUT2D eigenvalue weighted by Crippen LogP contribution is 2.22. The maximum Gasteiger partial charge on any atom is 0.294 e. The lowest BCUT2D eigenvalue weighted by atomic mass is 10.1. The van der Waals surface area contributed by atoms with Gasteiger partial charge < -0.3 is 20.4 Å². The largest absolute Gasteiger partial charge is 0.394 e. The molecule has 1 aromatic carbocycles. The second-order valence-electron chi connectivity index (χ2n) is 3.90. The number of hydrogen-bond acceptors (Lipinski definition) is 8. The number of nitrogens with zero attached hydrogens (tertiary/aromatic N) is 2. The SMILES string of the molecule is O=[N+]([O-])c1ccccc1N/N=C\[C@@H](O)[C@H](O)[C@H](O)CO. The molecule has 20 heavy (non-hydrogen) atoms. The predicted octanol–water partition coefficient (Wildman–Crippen LogP) is -0.933. The predicted molar refractivity (Wildman–Crippen MR) is 70.3 cm³/mol. The van der Waals surface area contributed by atoms with Crippen LogP contribution in [0.4, 0.5) is 11.4 Å². The molecule has 1 rings (SSSR count). The molecular formula is C11H15N3O6. The Labute approximate surface area is 114 Å². The van der Waals surface area contributed by atoms with E-state index in [2.05, 4.69) is 10.5 Å². The quantitative estimate of drug-likeness (QED) is 0.247. The maximum absolute atomic E-state index is 10.7. The van der Waals surface area contributed by atoms with Crippen LogP contribution in [0.1, 0.15) is 0 Å². The highest BCUT2D eigenvalue weighted by Gasteiger charge is 2.22. The Bertz CT molecular complexity index is 481. The molecule has 0 amide bonds. The fraction of sp³-hybridized carbons (Fsp3) is 0.364. The third-order valence-corrected chi connectivity index (χ3v) is 2.44. The molecule has 0 radical (unpaired) electrons. The highest BCUT2D eigenvalue weighted by molar-refractivity contribution is 5.67. The summed E-state index contributed by atoms with van der Waals surface area (Å²) in [5, 5.41) is 50.7. The van der Waals surface area contributed by atoms with Crippen LogP contribution < -0.4 is 5.43 Å². The van der Waals surface area contributed by atoms with E-state index in [-0.39, 0.29) is 11.4 Å². The number of nitrogens with one attached hydrogen (secondary N) is 1. The molecule has 1 aromatic rings. The van der Waals surface area contributed by atoms with Crippen LogP contribution in [0, 0.1) is 10.1 Å². The molecule has 0 unspecified atom stereocenters. The summed E-state index contributed by atoms with van der Waals surface area (Å²) in [5.74, 6) is 0. The van der Waals surface area contributed by atoms with Crippen LogP contribution in [0.15, 0.2) is 29.4 Å². The molecule has 0 saturated carbocycles. The molecule has 0 bridgehead atoms. The van der Waals surface area contributed by atoms with Crippen LogP contribution >= 0.6 is 0 Å². The molecule has 110 valence electrons. The fourth-order valence-corrected chi connectivity index (χ4v) is 1.33. The third-order valence-electron chi connectivity index (χ3n) is 2.44. The number of rotatable bonds is 7. The smallest absolute Gasteiger partial charge is 0.294 e. The maximum atomic E-state index is 10.7. The van der Waals surface area contributed by atoms with E-state index in [1.165, 1.54) is 18.2 Å². The molecule has 0 saturated heterocycles. The Morgan fingerprint density at radius 2 is 2.00 bits per heavy atom. The van der Waals surface area contributed by atoms with Crippen LogP contribution in [0.2, 0.25) is 0 Å². The second kappa shape index (κ2) is 7.50. The van der Waals surface area contributed by atoms with E-state index in [0.717, 1.165) is 6.21 Å². The Morgan fingerprint density at radius 1 is 1.35 bits per heavy atom. The van der Waals surface area contributed by atoms with E-state index in [4.69, 9.17) is 10.2 Å². The first-order chi connectivity index (χ1) is 9.47. The van der Waals surface area contributed by atoms with E-state index in [9.17, 15) is 20.3 Å². The zero-order valence-corrected chi connectivity index (χ0v) is 10.3. The molecule has 3 atom stereocenters. The van der Waals surface area contributed by atoms with Gasteiger partial charge in [0.1, 0.15) is 24.0 Å². The number of hydrogen-bond donors (Lipinski definition) is 5. The topological polar surface area (TPSA) is 148 Å². The minimum atomic E-state index is -1.61. The molecule has 0 aromatic heterocycles. The Balaban J connectivity index is 2.67. The fourth-order valence-electron chi connectivity index (χ4n) is 1.33. The third kappa shape index (κ3) is 4.24. The Morgan fingerprint density at radius 3 is 2.60 bits per heavy atom. The van der Waals surface area contributed by atoms with Crippen LogP contribution in [0.5, 0.6) is 0 Å². The first-order valence-corrected chi connectivity index (χ1v) is 5.65. The van der Waals surface area contributed by atoms with Crippen LogP contribution in [-0.2, 0) is 0 Å². The summed E-state index contributed by atoms with van der Waals surface area (Å²) in [6.07, 6.45) is -3.80. The zero-order valence-electron chi connectivity index (χ0n) is 10.3. The van der Waals surface area contributed by atoms with Gasteiger partial charge in [0.15, 0.2) is 0 Å². The number of anilines is 1. The van der Waals surface area contributed by atoms with Crippen molar-refractivity contribution in [3.63, 3.8) is 0 Å². The van der Waals surface area contributed by atoms with Gasteiger partial charge in [-0.3, -0.25) is 15.5 Å². The molecular weight excluding hydrogens is 270 g/mol. The summed E-state index contributed by atoms with van der Waals surface area (Å²) in [6.45, 7) is -0.719. The Hall–Kier alpha value is -2.07. The molecule has 5 N–H and O–H groups in total. The van der Waals surface area contributed by atoms with Gasteiger partial charge in [-0.2, -0.15) is 5.10 Å². The average molecular weight is 285 g/mol. The number of nitro groups is 1. The van der Waals surface area contributed by atoms with Crippen molar-refractivity contribution < 1.29 is 25.3 Å². The average Bonchev–Trinajstić information content (AvgIpc) is 2.45. The van der Waals surface area contributed by atoms with Gasteiger partial charge in [-0.05, 0) is 6.07 Å². The van der Waals surface area contributed by atoms with E-state index >= 15 is 0 Å². The van der Waals surface area contributed by atoms with Crippen molar-refractivity contribution in [2.75, 3.05) is 12.0 Å². The second-order valence-corrected chi connectivity index (χ2v) is 3.90. The lowest BCUT2D eigenvalue weighted by Crippen LogP contribution is -2.40. The van der Waals surface area contributed by atoms with Crippen molar-refractivity contribution in [3.05, 3.63) is 34.4 Å². The number of hydrazone groups is 1. The summed E-state index contributed by atoms with van der Waals surface area (Å²) >= 11 is 0. The van der Waals surface area contributed by atoms with E-state index in [0.29, 0.717) is 0 Å². The summed E-state index contributed by atoms with van der Waals surface area (Å²) in [4.78, 5) is 10.1. The summed E-state index contributed by atoms with van der Waals surface area (Å²) in [7, 11) is 0. The highest BCUT2D eigenvalue weighted by atomic mass is 16.6. The van der Waals surface area contributed by atoms with E-state index in [1.807, 2.05) is 0 Å². The molecule has 9 heteroatoms. The van der Waals surface area contributed by atoms with Crippen molar-refractivity contribution in [1.82, 2.24) is 0 Å². The minimum absolute atomic E-state index is 0.109. The molecule has 0 fully saturated rings. The molecule has 0 aliphatic heterocycles. The van der Waals surface area contributed by atoms with Gasteiger partial charge in [0.25, 0.3) is 5.69 Å². The monoisotopic (exact) mass is 285 g/mol. The zero-order chi connectivity index (χ0) is 15.1. The first-order valence-electron chi connectivity index (χ1n) is 5.65. The standard InChI is InChI=1S/C11H15N3O6/c15-6-10(17)11(18)9(16)5-12-13-7-3-1-2-4-8(7)14(19)20/h1-5,9-11,13,15-18H,6H2/b12-5-/t9-,10-,11+/m1/s1. The number of nitro benzene ring substituents is 1. The van der Waals surface area contributed by atoms with Crippen LogP contribution in [0.3, 0.4) is 0 Å². The molecule has 0 spiro atoms. The van der Waals surface area contributed by atoms with Crippen LogP contribution in [0.25, 0.3) is 0 Å². The van der Waals surface area contributed by atoms with Gasteiger partial charge in [-0.15, -0.1) is 0 Å². The molecule has 9 nitrogen and oxygen atoms in total. The van der Waals surface area contributed by atoms with Gasteiger partial charge in [-0.25, -0.2) is 0 Å². The number of aliphatic hydroxyl groups is 4. The van der Waals surface area contributed by atoms with Gasteiger partial charge in [-0.1, -0.05) is 12.1 Å². The minimum Gasteiger partial charge on any atom is -0.394 e.